The number of hydrogen-bond donors (Lipinski definition) is 3. The second-order valence-corrected chi connectivity index (χ2v) is 8.55. The monoisotopic (exact) mass is 470 g/mol. The zero-order chi connectivity index (χ0) is 24.1. The van der Waals surface area contributed by atoms with Crippen molar-refractivity contribution in [2.75, 3.05) is 17.3 Å². The molecule has 0 aromatic heterocycles. The van der Waals surface area contributed by atoms with Crippen LogP contribution in [-0.2, 0) is 6.54 Å². The fourth-order valence-corrected chi connectivity index (χ4v) is 3.87. The molecule has 3 N–H and O–H groups in total. The first-order valence-corrected chi connectivity index (χ1v) is 11.4. The van der Waals surface area contributed by atoms with Gasteiger partial charge in [-0.1, -0.05) is 60.6 Å². The third kappa shape index (κ3) is 5.67. The molecule has 4 nitrogen and oxygen atoms in total. The first-order chi connectivity index (χ1) is 16.4. The van der Waals surface area contributed by atoms with Gasteiger partial charge in [-0.2, -0.15) is 0 Å². The molecule has 4 aromatic rings. The standard InChI is InChI=1S/C29H27ClN2O2/c1-20(22-8-12-27(13-9-22)32(2)28-14-10-25(30)11-15-28)23-16-24(29(33)34)18-26(17-23)31-19-21-6-4-3-5-7-21/h3-18,29,31,33-34H,1,19H2,2H3. The fraction of sp³-hybridized carbons (Fsp3) is 0.103. The second kappa shape index (κ2) is 10.6. The quantitative estimate of drug-likeness (QED) is 0.249. The molecule has 0 radical (unpaired) electrons. The van der Waals surface area contributed by atoms with Gasteiger partial charge in [0.2, 0.25) is 0 Å². The second-order valence-electron chi connectivity index (χ2n) is 8.12. The Balaban J connectivity index is 1.55. The van der Waals surface area contributed by atoms with Crippen molar-refractivity contribution in [1.29, 1.82) is 0 Å². The van der Waals surface area contributed by atoms with E-state index in [1.165, 1.54) is 0 Å². The molecule has 0 saturated carbocycles. The van der Waals surface area contributed by atoms with Crippen LogP contribution in [0.1, 0.15) is 28.5 Å². The van der Waals surface area contributed by atoms with Gasteiger partial charge >= 0.3 is 0 Å². The molecule has 0 saturated heterocycles. The number of aliphatic hydroxyl groups is 2. The molecule has 0 amide bonds. The van der Waals surface area contributed by atoms with Crippen LogP contribution in [0.2, 0.25) is 5.02 Å². The smallest absolute Gasteiger partial charge is 0.178 e. The molecule has 0 fully saturated rings. The minimum atomic E-state index is -1.57. The Morgan fingerprint density at radius 3 is 2.09 bits per heavy atom. The number of benzene rings is 4. The molecule has 34 heavy (non-hydrogen) atoms. The Hall–Kier alpha value is -3.57. The summed E-state index contributed by atoms with van der Waals surface area (Å²) in [5, 5.41) is 23.7. The SMILES string of the molecule is C=C(c1ccc(N(C)c2ccc(Cl)cc2)cc1)c1cc(NCc2ccccc2)cc(C(O)O)c1. The van der Waals surface area contributed by atoms with Crippen LogP contribution in [0.3, 0.4) is 0 Å². The van der Waals surface area contributed by atoms with Crippen molar-refractivity contribution in [3.05, 3.63) is 131 Å². The highest BCUT2D eigenvalue weighted by molar-refractivity contribution is 6.30. The number of halogens is 1. The van der Waals surface area contributed by atoms with E-state index in [2.05, 4.69) is 16.8 Å². The van der Waals surface area contributed by atoms with Crippen molar-refractivity contribution < 1.29 is 10.2 Å². The Labute approximate surface area is 205 Å². The summed E-state index contributed by atoms with van der Waals surface area (Å²) >= 11 is 6.00. The van der Waals surface area contributed by atoms with Crippen LogP contribution >= 0.6 is 11.6 Å². The van der Waals surface area contributed by atoms with Gasteiger partial charge in [-0.25, -0.2) is 0 Å². The molecular formula is C29H27ClN2O2. The van der Waals surface area contributed by atoms with Gasteiger partial charge in [0.1, 0.15) is 0 Å². The summed E-state index contributed by atoms with van der Waals surface area (Å²) in [7, 11) is 2.00. The van der Waals surface area contributed by atoms with Crippen LogP contribution in [0.5, 0.6) is 0 Å². The molecule has 0 bridgehead atoms. The van der Waals surface area contributed by atoms with Crippen molar-refractivity contribution in [3.8, 4) is 0 Å². The van der Waals surface area contributed by atoms with Gasteiger partial charge in [-0.15, -0.1) is 0 Å². The first-order valence-electron chi connectivity index (χ1n) is 11.0. The van der Waals surface area contributed by atoms with Gasteiger partial charge in [0.05, 0.1) is 0 Å². The Bertz CT molecular complexity index is 1250. The number of anilines is 3. The summed E-state index contributed by atoms with van der Waals surface area (Å²) in [4.78, 5) is 2.08. The summed E-state index contributed by atoms with van der Waals surface area (Å²) < 4.78 is 0. The molecule has 0 atom stereocenters. The number of rotatable bonds is 8. The van der Waals surface area contributed by atoms with E-state index in [1.807, 2.05) is 92.0 Å². The van der Waals surface area contributed by atoms with Crippen molar-refractivity contribution in [3.63, 3.8) is 0 Å². The fourth-order valence-electron chi connectivity index (χ4n) is 3.74. The maximum absolute atomic E-state index is 9.82. The average Bonchev–Trinajstić information content (AvgIpc) is 2.87. The largest absolute Gasteiger partial charge is 0.381 e. The predicted molar refractivity (Wildman–Crippen MR) is 141 cm³/mol. The number of nitrogens with one attached hydrogen (secondary N) is 1. The van der Waals surface area contributed by atoms with E-state index < -0.39 is 6.29 Å². The Kier molecular flexibility index (Phi) is 7.33. The molecule has 0 aliphatic rings. The van der Waals surface area contributed by atoms with Crippen LogP contribution in [0.15, 0.2) is 104 Å². The highest BCUT2D eigenvalue weighted by Gasteiger charge is 2.11. The van der Waals surface area contributed by atoms with Crippen molar-refractivity contribution in [1.82, 2.24) is 0 Å². The number of aliphatic hydroxyl groups excluding tert-OH is 1. The maximum Gasteiger partial charge on any atom is 0.178 e. The van der Waals surface area contributed by atoms with E-state index in [1.54, 1.807) is 12.1 Å². The zero-order valence-corrected chi connectivity index (χ0v) is 19.7. The van der Waals surface area contributed by atoms with Crippen LogP contribution in [0.25, 0.3) is 5.57 Å². The molecule has 0 heterocycles. The minimum absolute atomic E-state index is 0.410. The van der Waals surface area contributed by atoms with Gasteiger partial charge in [-0.05, 0) is 76.9 Å². The summed E-state index contributed by atoms with van der Waals surface area (Å²) in [6.45, 7) is 4.91. The Morgan fingerprint density at radius 2 is 1.47 bits per heavy atom. The zero-order valence-electron chi connectivity index (χ0n) is 18.9. The van der Waals surface area contributed by atoms with Crippen molar-refractivity contribution in [2.24, 2.45) is 0 Å². The van der Waals surface area contributed by atoms with E-state index in [-0.39, 0.29) is 0 Å². The van der Waals surface area contributed by atoms with Crippen LogP contribution in [0.4, 0.5) is 17.1 Å². The lowest BCUT2D eigenvalue weighted by Crippen LogP contribution is -2.09. The lowest BCUT2D eigenvalue weighted by atomic mass is 9.96. The summed E-state index contributed by atoms with van der Waals surface area (Å²) in [6.07, 6.45) is -1.57. The average molecular weight is 471 g/mol. The van der Waals surface area contributed by atoms with Crippen molar-refractivity contribution in [2.45, 2.75) is 12.8 Å². The van der Waals surface area contributed by atoms with Crippen molar-refractivity contribution >= 4 is 34.2 Å². The minimum Gasteiger partial charge on any atom is -0.381 e. The molecule has 0 unspecified atom stereocenters. The lowest BCUT2D eigenvalue weighted by Gasteiger charge is -2.20. The van der Waals surface area contributed by atoms with Gasteiger partial charge in [-0.3, -0.25) is 0 Å². The van der Waals surface area contributed by atoms with E-state index >= 15 is 0 Å². The third-order valence-electron chi connectivity index (χ3n) is 5.76. The molecule has 4 aromatic carbocycles. The summed E-state index contributed by atoms with van der Waals surface area (Å²) in [5.41, 5.74) is 6.98. The highest BCUT2D eigenvalue weighted by atomic mass is 35.5. The van der Waals surface area contributed by atoms with Gasteiger partial charge in [0, 0.05) is 41.2 Å². The summed E-state index contributed by atoms with van der Waals surface area (Å²) in [6, 6.07) is 31.3. The normalized spacial score (nSPS) is 10.9. The van der Waals surface area contributed by atoms with Crippen LogP contribution in [-0.4, -0.2) is 17.3 Å². The van der Waals surface area contributed by atoms with E-state index in [0.29, 0.717) is 17.1 Å². The van der Waals surface area contributed by atoms with Gasteiger partial charge in [0.25, 0.3) is 0 Å². The first kappa shape index (κ1) is 23.6. The van der Waals surface area contributed by atoms with E-state index in [0.717, 1.165) is 39.3 Å². The van der Waals surface area contributed by atoms with Crippen LogP contribution in [0, 0.1) is 0 Å². The number of hydrogen-bond acceptors (Lipinski definition) is 4. The lowest BCUT2D eigenvalue weighted by molar-refractivity contribution is -0.0424. The van der Waals surface area contributed by atoms with Crippen LogP contribution < -0.4 is 10.2 Å². The van der Waals surface area contributed by atoms with E-state index in [4.69, 9.17) is 11.6 Å². The Morgan fingerprint density at radius 1 is 0.853 bits per heavy atom. The third-order valence-corrected chi connectivity index (χ3v) is 6.01. The molecule has 172 valence electrons. The van der Waals surface area contributed by atoms with E-state index in [9.17, 15) is 10.2 Å². The maximum atomic E-state index is 9.82. The van der Waals surface area contributed by atoms with Gasteiger partial charge in [0.15, 0.2) is 6.29 Å². The molecule has 0 spiro atoms. The molecule has 5 heteroatoms. The molecule has 0 aliphatic heterocycles. The number of nitrogens with zero attached hydrogens (tertiary/aromatic N) is 1. The summed E-state index contributed by atoms with van der Waals surface area (Å²) in [5.74, 6) is 0. The highest BCUT2D eigenvalue weighted by Crippen LogP contribution is 2.30. The predicted octanol–water partition coefficient (Wildman–Crippen LogP) is 6.76. The van der Waals surface area contributed by atoms with Gasteiger partial charge < -0.3 is 20.4 Å². The molecular weight excluding hydrogens is 444 g/mol. The topological polar surface area (TPSA) is 55.7 Å². The molecule has 4 rings (SSSR count). The molecule has 0 aliphatic carbocycles.